The molecule has 0 aliphatic heterocycles. The van der Waals surface area contributed by atoms with E-state index in [2.05, 4.69) is 10.2 Å². The molecule has 0 saturated heterocycles. The zero-order valence-corrected chi connectivity index (χ0v) is 17.6. The van der Waals surface area contributed by atoms with Gasteiger partial charge in [-0.2, -0.15) is 0 Å². The van der Waals surface area contributed by atoms with E-state index < -0.39 is 9.84 Å². The number of sulfone groups is 1. The SMILES string of the molecule is CCn1c(CS(=O)(=O)c2ccccc2)nnc1SCc1ccc(Cl)c(Cl)c1. The van der Waals surface area contributed by atoms with Gasteiger partial charge in [0.2, 0.25) is 0 Å². The van der Waals surface area contributed by atoms with Gasteiger partial charge < -0.3 is 4.57 Å². The van der Waals surface area contributed by atoms with Crippen LogP contribution in [0.15, 0.2) is 58.6 Å². The van der Waals surface area contributed by atoms with Gasteiger partial charge in [0, 0.05) is 12.3 Å². The molecule has 0 fully saturated rings. The molecule has 5 nitrogen and oxygen atoms in total. The number of hydrogen-bond donors (Lipinski definition) is 0. The first-order valence-electron chi connectivity index (χ1n) is 8.17. The van der Waals surface area contributed by atoms with E-state index in [0.29, 0.717) is 33.3 Å². The minimum absolute atomic E-state index is 0.189. The molecule has 0 aliphatic rings. The molecule has 0 atom stereocenters. The molecule has 9 heteroatoms. The average Bonchev–Trinajstić information content (AvgIpc) is 3.04. The van der Waals surface area contributed by atoms with Crippen LogP contribution in [0.25, 0.3) is 0 Å². The van der Waals surface area contributed by atoms with E-state index in [1.807, 2.05) is 23.6 Å². The number of nitrogens with zero attached hydrogens (tertiary/aromatic N) is 3. The van der Waals surface area contributed by atoms with Gasteiger partial charge in [-0.3, -0.25) is 0 Å². The van der Waals surface area contributed by atoms with E-state index >= 15 is 0 Å². The first-order chi connectivity index (χ1) is 12.9. The highest BCUT2D eigenvalue weighted by molar-refractivity contribution is 7.98. The number of benzene rings is 2. The van der Waals surface area contributed by atoms with Crippen molar-refractivity contribution in [3.63, 3.8) is 0 Å². The van der Waals surface area contributed by atoms with Crippen LogP contribution in [0.3, 0.4) is 0 Å². The zero-order valence-electron chi connectivity index (χ0n) is 14.5. The van der Waals surface area contributed by atoms with E-state index in [0.717, 1.165) is 5.56 Å². The summed E-state index contributed by atoms with van der Waals surface area (Å²) in [4.78, 5) is 0.278. The lowest BCUT2D eigenvalue weighted by Crippen LogP contribution is -2.11. The van der Waals surface area contributed by atoms with Gasteiger partial charge >= 0.3 is 0 Å². The Hall–Kier alpha value is -1.54. The lowest BCUT2D eigenvalue weighted by atomic mass is 10.2. The Balaban J connectivity index is 1.77. The highest BCUT2D eigenvalue weighted by Crippen LogP contribution is 2.28. The van der Waals surface area contributed by atoms with Crippen LogP contribution in [0.2, 0.25) is 10.0 Å². The Labute approximate surface area is 172 Å². The van der Waals surface area contributed by atoms with Gasteiger partial charge in [0.25, 0.3) is 0 Å². The van der Waals surface area contributed by atoms with Crippen LogP contribution in [-0.4, -0.2) is 23.2 Å². The van der Waals surface area contributed by atoms with E-state index in [-0.39, 0.29) is 10.6 Å². The molecule has 1 aromatic heterocycles. The average molecular weight is 442 g/mol. The normalized spacial score (nSPS) is 11.7. The lowest BCUT2D eigenvalue weighted by molar-refractivity contribution is 0.588. The Bertz CT molecular complexity index is 1040. The van der Waals surface area contributed by atoms with E-state index in [9.17, 15) is 8.42 Å². The second kappa shape index (κ2) is 8.65. The summed E-state index contributed by atoms with van der Waals surface area (Å²) in [5.41, 5.74) is 0.999. The number of hydrogen-bond acceptors (Lipinski definition) is 5. The number of aromatic nitrogens is 3. The number of thioether (sulfide) groups is 1. The van der Waals surface area contributed by atoms with Gasteiger partial charge in [0.15, 0.2) is 15.0 Å². The molecule has 1 heterocycles. The standard InChI is InChI=1S/C18H17Cl2N3O2S2/c1-2-23-17(12-27(24,25)14-6-4-3-5-7-14)21-22-18(23)26-11-13-8-9-15(19)16(20)10-13/h3-10H,2,11-12H2,1H3. The molecular weight excluding hydrogens is 425 g/mol. The van der Waals surface area contributed by atoms with Crippen molar-refractivity contribution in [3.8, 4) is 0 Å². The second-order valence-electron chi connectivity index (χ2n) is 5.75. The van der Waals surface area contributed by atoms with Gasteiger partial charge in [0.1, 0.15) is 11.6 Å². The molecule has 2 aromatic carbocycles. The van der Waals surface area contributed by atoms with Crippen molar-refractivity contribution in [2.24, 2.45) is 0 Å². The van der Waals surface area contributed by atoms with E-state index in [1.54, 1.807) is 36.4 Å². The molecule has 3 rings (SSSR count). The summed E-state index contributed by atoms with van der Waals surface area (Å²) >= 11 is 13.5. The van der Waals surface area contributed by atoms with Crippen LogP contribution in [-0.2, 0) is 27.9 Å². The molecule has 0 spiro atoms. The Morgan fingerprint density at radius 1 is 1.04 bits per heavy atom. The fraction of sp³-hybridized carbons (Fsp3) is 0.222. The third kappa shape index (κ3) is 4.85. The van der Waals surface area contributed by atoms with Crippen LogP contribution in [0, 0.1) is 0 Å². The fourth-order valence-corrected chi connectivity index (χ4v) is 5.09. The molecule has 3 aromatic rings. The Morgan fingerprint density at radius 2 is 1.78 bits per heavy atom. The molecule has 0 radical (unpaired) electrons. The highest BCUT2D eigenvalue weighted by atomic mass is 35.5. The van der Waals surface area contributed by atoms with Crippen molar-refractivity contribution in [1.82, 2.24) is 14.8 Å². The van der Waals surface area contributed by atoms with Crippen molar-refractivity contribution < 1.29 is 8.42 Å². The van der Waals surface area contributed by atoms with E-state index in [4.69, 9.17) is 23.2 Å². The molecule has 0 N–H and O–H groups in total. The summed E-state index contributed by atoms with van der Waals surface area (Å²) in [5.74, 6) is 0.865. The summed E-state index contributed by atoms with van der Waals surface area (Å²) in [6.07, 6.45) is 0. The van der Waals surface area contributed by atoms with Crippen molar-refractivity contribution in [3.05, 3.63) is 70.0 Å². The molecule has 0 amide bonds. The minimum atomic E-state index is -3.47. The summed E-state index contributed by atoms with van der Waals surface area (Å²) in [6.45, 7) is 2.52. The summed E-state index contributed by atoms with van der Waals surface area (Å²) < 4.78 is 27.0. The van der Waals surface area contributed by atoms with Crippen LogP contribution < -0.4 is 0 Å². The van der Waals surface area contributed by atoms with Crippen LogP contribution in [0.1, 0.15) is 18.3 Å². The molecule has 142 valence electrons. The maximum atomic E-state index is 12.6. The molecule has 0 unspecified atom stereocenters. The van der Waals surface area contributed by atoms with Crippen LogP contribution in [0.4, 0.5) is 0 Å². The first kappa shape index (κ1) is 20.2. The van der Waals surface area contributed by atoms with Crippen molar-refractivity contribution in [2.75, 3.05) is 0 Å². The monoisotopic (exact) mass is 441 g/mol. The molecule has 0 saturated carbocycles. The molecule has 27 heavy (non-hydrogen) atoms. The van der Waals surface area contributed by atoms with Gasteiger partial charge in [-0.05, 0) is 36.8 Å². The van der Waals surface area contributed by atoms with Crippen molar-refractivity contribution in [1.29, 1.82) is 0 Å². The zero-order chi connectivity index (χ0) is 19.4. The largest absolute Gasteiger partial charge is 0.305 e. The van der Waals surface area contributed by atoms with Gasteiger partial charge in [-0.1, -0.05) is 59.2 Å². The summed E-state index contributed by atoms with van der Waals surface area (Å²) in [5, 5.41) is 9.96. The maximum absolute atomic E-state index is 12.6. The third-order valence-corrected chi connectivity index (χ3v) is 7.29. The van der Waals surface area contributed by atoms with Crippen LogP contribution >= 0.6 is 35.0 Å². The second-order valence-corrected chi connectivity index (χ2v) is 9.50. The molecule has 0 aliphatic carbocycles. The molecule has 0 bridgehead atoms. The minimum Gasteiger partial charge on any atom is -0.305 e. The maximum Gasteiger partial charge on any atom is 0.191 e. The van der Waals surface area contributed by atoms with Gasteiger partial charge in [-0.25, -0.2) is 8.42 Å². The number of rotatable bonds is 7. The molecular formula is C18H17Cl2N3O2S2. The predicted octanol–water partition coefficient (Wildman–Crippen LogP) is 4.87. The fourth-order valence-electron chi connectivity index (χ4n) is 2.51. The van der Waals surface area contributed by atoms with Crippen LogP contribution in [0.5, 0.6) is 0 Å². The predicted molar refractivity (Wildman–Crippen MR) is 109 cm³/mol. The first-order valence-corrected chi connectivity index (χ1v) is 11.6. The number of halogens is 2. The summed E-state index contributed by atoms with van der Waals surface area (Å²) in [6, 6.07) is 13.8. The topological polar surface area (TPSA) is 64.8 Å². The van der Waals surface area contributed by atoms with Crippen molar-refractivity contribution >= 4 is 44.8 Å². The Kier molecular flexibility index (Phi) is 6.47. The quantitative estimate of drug-likeness (QED) is 0.489. The van der Waals surface area contributed by atoms with Gasteiger partial charge in [0.05, 0.1) is 14.9 Å². The Morgan fingerprint density at radius 3 is 2.44 bits per heavy atom. The highest BCUT2D eigenvalue weighted by Gasteiger charge is 2.21. The smallest absolute Gasteiger partial charge is 0.191 e. The lowest BCUT2D eigenvalue weighted by Gasteiger charge is -2.08. The van der Waals surface area contributed by atoms with Crippen molar-refractivity contribution in [2.45, 2.75) is 35.0 Å². The van der Waals surface area contributed by atoms with Gasteiger partial charge in [-0.15, -0.1) is 10.2 Å². The third-order valence-electron chi connectivity index (χ3n) is 3.88. The summed E-state index contributed by atoms with van der Waals surface area (Å²) in [7, 11) is -3.47. The van der Waals surface area contributed by atoms with E-state index in [1.165, 1.54) is 11.8 Å².